The molecule has 0 radical (unpaired) electrons. The number of aliphatic hydroxyl groups is 1. The number of anilines is 1. The predicted octanol–water partition coefficient (Wildman–Crippen LogP) is 5.97. The zero-order chi connectivity index (χ0) is 22.3. The molecule has 1 aromatic carbocycles. The largest absolute Gasteiger partial charge is 0.434 e. The van der Waals surface area contributed by atoms with Crippen LogP contribution in [0.1, 0.15) is 23.0 Å². The molecule has 0 amide bonds. The SMILES string of the molecule is Cl.OCC1c2[nH]c3ccc(Cl)cc3c2CCN1CCNc1nc(C(F)(F)F)c(Cl)cc1Cl. The van der Waals surface area contributed by atoms with Gasteiger partial charge in [0.15, 0.2) is 5.69 Å². The lowest BCUT2D eigenvalue weighted by atomic mass is 9.97. The molecule has 3 heterocycles. The minimum absolute atomic E-state index is 0. The maximum Gasteiger partial charge on any atom is 0.434 e. The minimum Gasteiger partial charge on any atom is -0.394 e. The third kappa shape index (κ3) is 4.90. The van der Waals surface area contributed by atoms with Crippen LogP contribution in [-0.2, 0) is 12.6 Å². The molecule has 3 N–H and O–H groups in total. The Morgan fingerprint density at radius 2 is 1.94 bits per heavy atom. The van der Waals surface area contributed by atoms with Gasteiger partial charge in [0.2, 0.25) is 0 Å². The van der Waals surface area contributed by atoms with Crippen molar-refractivity contribution in [1.82, 2.24) is 14.9 Å². The van der Waals surface area contributed by atoms with E-state index in [9.17, 15) is 18.3 Å². The summed E-state index contributed by atoms with van der Waals surface area (Å²) in [6.07, 6.45) is -3.92. The monoisotopic (exact) mass is 528 g/mol. The van der Waals surface area contributed by atoms with E-state index < -0.39 is 16.9 Å². The van der Waals surface area contributed by atoms with Gasteiger partial charge in [-0.2, -0.15) is 13.2 Å². The molecule has 3 aromatic rings. The Labute approximate surface area is 203 Å². The Kier molecular flexibility index (Phi) is 7.74. The van der Waals surface area contributed by atoms with Gasteiger partial charge in [0.25, 0.3) is 0 Å². The van der Waals surface area contributed by atoms with Crippen LogP contribution in [0.5, 0.6) is 0 Å². The van der Waals surface area contributed by atoms with Crippen LogP contribution >= 0.6 is 47.2 Å². The van der Waals surface area contributed by atoms with Crippen molar-refractivity contribution in [2.45, 2.75) is 18.6 Å². The molecule has 5 nitrogen and oxygen atoms in total. The number of aromatic amines is 1. The number of alkyl halides is 3. The Morgan fingerprint density at radius 3 is 2.62 bits per heavy atom. The van der Waals surface area contributed by atoms with E-state index in [1.807, 2.05) is 12.1 Å². The maximum atomic E-state index is 13.1. The number of fused-ring (bicyclic) bond motifs is 3. The highest BCUT2D eigenvalue weighted by atomic mass is 35.5. The zero-order valence-corrected chi connectivity index (χ0v) is 19.5. The van der Waals surface area contributed by atoms with Crippen molar-refractivity contribution in [3.63, 3.8) is 0 Å². The van der Waals surface area contributed by atoms with Crippen molar-refractivity contribution in [2.75, 3.05) is 31.6 Å². The Bertz CT molecular complexity index is 1120. The van der Waals surface area contributed by atoms with E-state index in [1.165, 1.54) is 0 Å². The van der Waals surface area contributed by atoms with Gasteiger partial charge in [0, 0.05) is 41.3 Å². The molecule has 1 aliphatic heterocycles. The standard InChI is InChI=1S/C20H18Cl3F3N4O.ClH/c21-10-1-2-15-12(7-10)11-3-5-30(16(9-31)17(11)28-15)6-4-27-19-14(23)8-13(22)18(29-19)20(24,25)26;/h1-2,7-8,16,28,31H,3-6,9H2,(H,27,29);1H. The quantitative estimate of drug-likeness (QED) is 0.381. The lowest BCUT2D eigenvalue weighted by molar-refractivity contribution is -0.140. The molecule has 174 valence electrons. The normalized spacial score (nSPS) is 16.7. The van der Waals surface area contributed by atoms with Gasteiger partial charge in [0.1, 0.15) is 5.82 Å². The average Bonchev–Trinajstić information content (AvgIpc) is 3.06. The number of nitrogens with one attached hydrogen (secondary N) is 2. The zero-order valence-electron chi connectivity index (χ0n) is 16.4. The first-order valence-corrected chi connectivity index (χ1v) is 10.6. The Hall–Kier alpha value is -1.42. The van der Waals surface area contributed by atoms with Gasteiger partial charge >= 0.3 is 6.18 Å². The van der Waals surface area contributed by atoms with Crippen LogP contribution in [0, 0.1) is 0 Å². The number of rotatable bonds is 5. The topological polar surface area (TPSA) is 64.2 Å². The van der Waals surface area contributed by atoms with E-state index in [4.69, 9.17) is 34.8 Å². The summed E-state index contributed by atoms with van der Waals surface area (Å²) in [4.78, 5) is 8.98. The predicted molar refractivity (Wildman–Crippen MR) is 123 cm³/mol. The number of H-pyrrole nitrogens is 1. The molecular weight excluding hydrogens is 511 g/mol. The number of pyridine rings is 1. The van der Waals surface area contributed by atoms with Crippen molar-refractivity contribution >= 4 is 63.9 Å². The van der Waals surface area contributed by atoms with Crippen LogP contribution in [0.3, 0.4) is 0 Å². The summed E-state index contributed by atoms with van der Waals surface area (Å²) < 4.78 is 39.2. The van der Waals surface area contributed by atoms with Crippen LogP contribution in [-0.4, -0.2) is 46.2 Å². The number of hydrogen-bond acceptors (Lipinski definition) is 4. The summed E-state index contributed by atoms with van der Waals surface area (Å²) in [7, 11) is 0. The molecule has 0 spiro atoms. The summed E-state index contributed by atoms with van der Waals surface area (Å²) in [6, 6.07) is 6.38. The van der Waals surface area contributed by atoms with Gasteiger partial charge in [0.05, 0.1) is 22.7 Å². The lowest BCUT2D eigenvalue weighted by Gasteiger charge is -2.34. The van der Waals surface area contributed by atoms with Crippen LogP contribution < -0.4 is 5.32 Å². The highest BCUT2D eigenvalue weighted by Gasteiger charge is 2.36. The highest BCUT2D eigenvalue weighted by Crippen LogP contribution is 2.37. The van der Waals surface area contributed by atoms with Crippen molar-refractivity contribution in [3.8, 4) is 0 Å². The van der Waals surface area contributed by atoms with E-state index in [0.29, 0.717) is 18.1 Å². The Balaban J connectivity index is 0.00000289. The molecule has 0 bridgehead atoms. The number of nitrogens with zero attached hydrogens (tertiary/aromatic N) is 2. The molecule has 0 fully saturated rings. The first kappa shape index (κ1) is 25.2. The summed E-state index contributed by atoms with van der Waals surface area (Å²) in [5, 5.41) is 14.0. The van der Waals surface area contributed by atoms with Gasteiger partial charge in [-0.25, -0.2) is 4.98 Å². The van der Waals surface area contributed by atoms with E-state index >= 15 is 0 Å². The van der Waals surface area contributed by atoms with Gasteiger partial charge in [-0.3, -0.25) is 4.90 Å². The second kappa shape index (κ2) is 9.83. The summed E-state index contributed by atoms with van der Waals surface area (Å²) >= 11 is 17.8. The first-order valence-electron chi connectivity index (χ1n) is 9.51. The number of benzene rings is 1. The Morgan fingerprint density at radius 1 is 1.19 bits per heavy atom. The van der Waals surface area contributed by atoms with Crippen molar-refractivity contribution in [1.29, 1.82) is 0 Å². The minimum atomic E-state index is -4.68. The van der Waals surface area contributed by atoms with Crippen LogP contribution in [0.25, 0.3) is 10.9 Å². The molecule has 0 aliphatic carbocycles. The fraction of sp³-hybridized carbons (Fsp3) is 0.350. The molecule has 2 aromatic heterocycles. The fourth-order valence-electron chi connectivity index (χ4n) is 3.97. The molecule has 1 aliphatic rings. The molecule has 1 unspecified atom stereocenters. The third-order valence-electron chi connectivity index (χ3n) is 5.39. The van der Waals surface area contributed by atoms with Crippen LogP contribution in [0.15, 0.2) is 24.3 Å². The maximum absolute atomic E-state index is 13.1. The highest BCUT2D eigenvalue weighted by molar-refractivity contribution is 6.36. The summed E-state index contributed by atoms with van der Waals surface area (Å²) in [5.74, 6) is -0.0862. The molecule has 12 heteroatoms. The van der Waals surface area contributed by atoms with Crippen LogP contribution in [0.2, 0.25) is 15.1 Å². The number of aromatic nitrogens is 2. The fourth-order valence-corrected chi connectivity index (χ4v) is 4.67. The van der Waals surface area contributed by atoms with Crippen molar-refractivity contribution in [2.24, 2.45) is 0 Å². The third-order valence-corrected chi connectivity index (χ3v) is 6.20. The summed E-state index contributed by atoms with van der Waals surface area (Å²) in [6.45, 7) is 1.31. The van der Waals surface area contributed by atoms with Gasteiger partial charge < -0.3 is 15.4 Å². The van der Waals surface area contributed by atoms with E-state index in [2.05, 4.69) is 20.2 Å². The van der Waals surface area contributed by atoms with Crippen LogP contribution in [0.4, 0.5) is 19.0 Å². The number of aliphatic hydroxyl groups excluding tert-OH is 1. The molecule has 0 saturated heterocycles. The van der Waals surface area contributed by atoms with E-state index in [0.717, 1.165) is 34.6 Å². The molecular formula is C20H19Cl4F3N4O. The van der Waals surface area contributed by atoms with Crippen molar-refractivity contribution in [3.05, 3.63) is 56.3 Å². The second-order valence-corrected chi connectivity index (χ2v) is 8.52. The molecule has 1 atom stereocenters. The number of hydrogen-bond donors (Lipinski definition) is 3. The second-order valence-electron chi connectivity index (χ2n) is 7.27. The molecule has 4 rings (SSSR count). The van der Waals surface area contributed by atoms with Gasteiger partial charge in [-0.1, -0.05) is 34.8 Å². The summed E-state index contributed by atoms with van der Waals surface area (Å²) in [5.41, 5.74) is 1.81. The average molecular weight is 530 g/mol. The van der Waals surface area contributed by atoms with Crippen molar-refractivity contribution < 1.29 is 18.3 Å². The van der Waals surface area contributed by atoms with E-state index in [-0.39, 0.29) is 42.4 Å². The van der Waals surface area contributed by atoms with E-state index in [1.54, 1.807) is 6.07 Å². The smallest absolute Gasteiger partial charge is 0.394 e. The molecule has 32 heavy (non-hydrogen) atoms. The molecule has 0 saturated carbocycles. The first-order chi connectivity index (χ1) is 14.7. The van der Waals surface area contributed by atoms with Gasteiger partial charge in [-0.05, 0) is 36.2 Å². The lowest BCUT2D eigenvalue weighted by Crippen LogP contribution is -2.40. The number of halogens is 7. The van der Waals surface area contributed by atoms with Gasteiger partial charge in [-0.15, -0.1) is 12.4 Å².